The molecule has 1 aromatic heterocycles. The van der Waals surface area contributed by atoms with E-state index in [1.807, 2.05) is 12.1 Å². The number of nitrogens with zero attached hydrogens (tertiary/aromatic N) is 2. The van der Waals surface area contributed by atoms with E-state index in [0.717, 1.165) is 5.56 Å². The summed E-state index contributed by atoms with van der Waals surface area (Å²) >= 11 is 7.08. The fourth-order valence-corrected chi connectivity index (χ4v) is 5.63. The van der Waals surface area contributed by atoms with Crippen LogP contribution >= 0.6 is 22.9 Å². The predicted molar refractivity (Wildman–Crippen MR) is 107 cm³/mol. The first kappa shape index (κ1) is 20.7. The molecule has 1 saturated heterocycles. The fraction of sp³-hybridized carbons (Fsp3) is 0.444. The SMILES string of the molecule is O=S(=O)(c1cccs1)N1CCN(CC(O)COCc2ccc(Cl)cc2)CC1. The maximum Gasteiger partial charge on any atom is 0.252 e. The molecular formula is C18H23ClN2O4S2. The lowest BCUT2D eigenvalue weighted by atomic mass is 10.2. The summed E-state index contributed by atoms with van der Waals surface area (Å²) in [6, 6.07) is 10.8. The van der Waals surface area contributed by atoms with E-state index in [1.54, 1.807) is 29.6 Å². The molecule has 27 heavy (non-hydrogen) atoms. The zero-order valence-corrected chi connectivity index (χ0v) is 17.2. The van der Waals surface area contributed by atoms with Crippen LogP contribution in [0.3, 0.4) is 0 Å². The number of sulfonamides is 1. The fourth-order valence-electron chi connectivity index (χ4n) is 2.93. The monoisotopic (exact) mass is 430 g/mol. The van der Waals surface area contributed by atoms with Gasteiger partial charge in [-0.3, -0.25) is 4.90 Å². The van der Waals surface area contributed by atoms with Gasteiger partial charge < -0.3 is 9.84 Å². The highest BCUT2D eigenvalue weighted by atomic mass is 35.5. The average Bonchev–Trinajstić information content (AvgIpc) is 3.19. The standard InChI is InChI=1S/C18H23ClN2O4S2/c19-16-5-3-15(4-6-16)13-25-14-17(22)12-20-7-9-21(10-8-20)27(23,24)18-2-1-11-26-18/h1-6,11,17,22H,7-10,12-14H2. The van der Waals surface area contributed by atoms with Crippen LogP contribution in [0, 0.1) is 0 Å². The lowest BCUT2D eigenvalue weighted by Gasteiger charge is -2.34. The lowest BCUT2D eigenvalue weighted by molar-refractivity contribution is 0.00539. The van der Waals surface area contributed by atoms with Crippen LogP contribution in [0.4, 0.5) is 0 Å². The van der Waals surface area contributed by atoms with E-state index in [4.69, 9.17) is 16.3 Å². The Morgan fingerprint density at radius 1 is 1.15 bits per heavy atom. The molecule has 0 spiro atoms. The molecule has 1 aliphatic rings. The summed E-state index contributed by atoms with van der Waals surface area (Å²) in [6.07, 6.45) is -0.613. The number of aliphatic hydroxyl groups excluding tert-OH is 1. The van der Waals surface area contributed by atoms with Crippen LogP contribution in [0.2, 0.25) is 5.02 Å². The molecule has 0 radical (unpaired) electrons. The van der Waals surface area contributed by atoms with E-state index in [2.05, 4.69) is 4.90 Å². The normalized spacial score (nSPS) is 17.9. The van der Waals surface area contributed by atoms with Crippen LogP contribution in [0.15, 0.2) is 46.0 Å². The van der Waals surface area contributed by atoms with Crippen LogP contribution in [0.25, 0.3) is 0 Å². The summed E-state index contributed by atoms with van der Waals surface area (Å²) in [5.74, 6) is 0. The van der Waals surface area contributed by atoms with Gasteiger partial charge in [-0.15, -0.1) is 11.3 Å². The van der Waals surface area contributed by atoms with Crippen LogP contribution < -0.4 is 0 Å². The summed E-state index contributed by atoms with van der Waals surface area (Å²) in [7, 11) is -3.39. The molecule has 1 atom stereocenters. The number of piperazine rings is 1. The molecule has 6 nitrogen and oxygen atoms in total. The third-order valence-electron chi connectivity index (χ3n) is 4.38. The third kappa shape index (κ3) is 5.74. The van der Waals surface area contributed by atoms with Crippen LogP contribution in [-0.2, 0) is 21.4 Å². The number of β-amino-alcohol motifs (C(OH)–C–C–N with tert-alkyl or cyclic N) is 1. The number of ether oxygens (including phenoxy) is 1. The Bertz CT molecular complexity index is 804. The molecule has 0 aliphatic carbocycles. The first-order valence-electron chi connectivity index (χ1n) is 8.71. The molecule has 3 rings (SSSR count). The number of aliphatic hydroxyl groups is 1. The van der Waals surface area contributed by atoms with E-state index >= 15 is 0 Å². The number of thiophene rings is 1. The van der Waals surface area contributed by atoms with Crippen molar-refractivity contribution in [3.8, 4) is 0 Å². The van der Waals surface area contributed by atoms with Crippen molar-refractivity contribution in [3.63, 3.8) is 0 Å². The molecule has 1 aliphatic heterocycles. The first-order chi connectivity index (χ1) is 12.9. The summed E-state index contributed by atoms with van der Waals surface area (Å²) in [5, 5.41) is 12.6. The van der Waals surface area contributed by atoms with Gasteiger partial charge in [-0.2, -0.15) is 4.31 Å². The van der Waals surface area contributed by atoms with Gasteiger partial charge in [0, 0.05) is 37.7 Å². The maximum atomic E-state index is 12.5. The summed E-state index contributed by atoms with van der Waals surface area (Å²) in [5.41, 5.74) is 0.999. The van der Waals surface area contributed by atoms with E-state index in [1.165, 1.54) is 15.6 Å². The van der Waals surface area contributed by atoms with Gasteiger partial charge in [0.05, 0.1) is 19.3 Å². The Kier molecular flexibility index (Phi) is 7.27. The zero-order valence-electron chi connectivity index (χ0n) is 14.8. The second-order valence-electron chi connectivity index (χ2n) is 6.43. The molecule has 1 N–H and O–H groups in total. The smallest absolute Gasteiger partial charge is 0.252 e. The Balaban J connectivity index is 1.39. The number of halogens is 1. The van der Waals surface area contributed by atoms with Crippen molar-refractivity contribution in [3.05, 3.63) is 52.4 Å². The second-order valence-corrected chi connectivity index (χ2v) is 9.98. The first-order valence-corrected chi connectivity index (χ1v) is 11.4. The molecular weight excluding hydrogens is 408 g/mol. The highest BCUT2D eigenvalue weighted by Crippen LogP contribution is 2.22. The molecule has 9 heteroatoms. The van der Waals surface area contributed by atoms with Crippen molar-refractivity contribution in [2.45, 2.75) is 16.9 Å². The summed E-state index contributed by atoms with van der Waals surface area (Å²) in [4.78, 5) is 2.07. The van der Waals surface area contributed by atoms with Gasteiger partial charge in [0.15, 0.2) is 0 Å². The third-order valence-corrected chi connectivity index (χ3v) is 7.91. The quantitative estimate of drug-likeness (QED) is 0.695. The Hall–Kier alpha value is -1.00. The van der Waals surface area contributed by atoms with Gasteiger partial charge in [-0.1, -0.05) is 29.8 Å². The highest BCUT2D eigenvalue weighted by molar-refractivity contribution is 7.91. The van der Waals surface area contributed by atoms with Gasteiger partial charge >= 0.3 is 0 Å². The van der Waals surface area contributed by atoms with Crippen molar-refractivity contribution in [1.82, 2.24) is 9.21 Å². The number of rotatable bonds is 8. The van der Waals surface area contributed by atoms with Crippen molar-refractivity contribution in [2.24, 2.45) is 0 Å². The predicted octanol–water partition coefficient (Wildman–Crippen LogP) is 2.29. The number of hydrogen-bond donors (Lipinski definition) is 1. The Morgan fingerprint density at radius 3 is 2.48 bits per heavy atom. The van der Waals surface area contributed by atoms with Gasteiger partial charge in [0.2, 0.25) is 0 Å². The minimum atomic E-state index is -3.39. The van der Waals surface area contributed by atoms with E-state index in [-0.39, 0.29) is 6.61 Å². The molecule has 0 saturated carbocycles. The number of benzene rings is 1. The van der Waals surface area contributed by atoms with Crippen LogP contribution in [0.5, 0.6) is 0 Å². The van der Waals surface area contributed by atoms with E-state index in [9.17, 15) is 13.5 Å². The largest absolute Gasteiger partial charge is 0.389 e. The van der Waals surface area contributed by atoms with Gasteiger partial charge in [0.1, 0.15) is 4.21 Å². The van der Waals surface area contributed by atoms with Gasteiger partial charge in [0.25, 0.3) is 10.0 Å². The minimum Gasteiger partial charge on any atom is -0.389 e. The molecule has 1 unspecified atom stereocenters. The maximum absolute atomic E-state index is 12.5. The molecule has 0 bridgehead atoms. The molecule has 1 fully saturated rings. The zero-order chi connectivity index (χ0) is 19.3. The van der Waals surface area contributed by atoms with Crippen LogP contribution in [0.1, 0.15) is 5.56 Å². The van der Waals surface area contributed by atoms with E-state index < -0.39 is 16.1 Å². The average molecular weight is 431 g/mol. The van der Waals surface area contributed by atoms with Crippen molar-refractivity contribution < 1.29 is 18.3 Å². The van der Waals surface area contributed by atoms with Gasteiger partial charge in [-0.25, -0.2) is 8.42 Å². The topological polar surface area (TPSA) is 70.1 Å². The van der Waals surface area contributed by atoms with Gasteiger partial charge in [-0.05, 0) is 29.1 Å². The summed E-state index contributed by atoms with van der Waals surface area (Å²) in [6.45, 7) is 3.17. The molecule has 1 aromatic carbocycles. The van der Waals surface area contributed by atoms with Crippen molar-refractivity contribution in [1.29, 1.82) is 0 Å². The Morgan fingerprint density at radius 2 is 1.85 bits per heavy atom. The molecule has 2 heterocycles. The van der Waals surface area contributed by atoms with Crippen LogP contribution in [-0.4, -0.2) is 68.2 Å². The highest BCUT2D eigenvalue weighted by Gasteiger charge is 2.29. The summed E-state index contributed by atoms with van der Waals surface area (Å²) < 4.78 is 32.5. The second kappa shape index (κ2) is 9.47. The number of hydrogen-bond acceptors (Lipinski definition) is 6. The Labute approximate surface area is 169 Å². The minimum absolute atomic E-state index is 0.232. The van der Waals surface area contributed by atoms with Crippen molar-refractivity contribution >= 4 is 33.0 Å². The van der Waals surface area contributed by atoms with Crippen molar-refractivity contribution in [2.75, 3.05) is 39.3 Å². The molecule has 2 aromatic rings. The lowest BCUT2D eigenvalue weighted by Crippen LogP contribution is -2.50. The molecule has 0 amide bonds. The molecule has 148 valence electrons. The van der Waals surface area contributed by atoms with E-state index in [0.29, 0.717) is 48.6 Å².